The summed E-state index contributed by atoms with van der Waals surface area (Å²) in [6.07, 6.45) is -0.231. The van der Waals surface area contributed by atoms with Crippen LogP contribution in [0.5, 0.6) is 5.75 Å². The van der Waals surface area contributed by atoms with Gasteiger partial charge in [0.2, 0.25) is 11.8 Å². The van der Waals surface area contributed by atoms with E-state index in [0.29, 0.717) is 11.3 Å². The van der Waals surface area contributed by atoms with Crippen molar-refractivity contribution in [2.75, 3.05) is 6.61 Å². The molecule has 3 N–H and O–H groups in total. The van der Waals surface area contributed by atoms with Crippen LogP contribution in [0.25, 0.3) is 0 Å². The molecule has 0 radical (unpaired) electrons. The van der Waals surface area contributed by atoms with Crippen molar-refractivity contribution in [1.29, 1.82) is 0 Å². The summed E-state index contributed by atoms with van der Waals surface area (Å²) in [6.45, 7) is 10.6. The van der Waals surface area contributed by atoms with Crippen LogP contribution >= 0.6 is 8.96 Å². The quantitative estimate of drug-likeness (QED) is 0.227. The number of nitrogens with one attached hydrogen (secondary N) is 1. The van der Waals surface area contributed by atoms with Gasteiger partial charge in [0.05, 0.1) is 18.1 Å². The first-order valence-electron chi connectivity index (χ1n) is 12.5. The predicted molar refractivity (Wildman–Crippen MR) is 145 cm³/mol. The van der Waals surface area contributed by atoms with Gasteiger partial charge in [-0.15, -0.1) is 0 Å². The van der Waals surface area contributed by atoms with E-state index < -0.39 is 20.2 Å². The summed E-state index contributed by atoms with van der Waals surface area (Å²) in [4.78, 5) is 42.2. The number of β-lactam (4-membered cyclic amide) rings is 1. The number of carbonyl (C=O) groups excluding carboxylic acids is 3. The molecule has 2 unspecified atom stereocenters. The standard InChI is InChI=1S/C24H37BN3O6PSi/c1-6-36(7-2,8-3)34-15(5)19-20-14(4)18(13-32-17-11-9-16(10-12-17)22(26)29)21(28(20)23(19)30)24(31)33-35-27-25/h9-12,14-15,19-20,27,35H,6-8,13,25H2,1-5H3,(H2,26,29)/t14-,15+,19+,20?/m0/s1. The molecule has 0 aliphatic carbocycles. The molecule has 2 aliphatic heterocycles. The number of primary amides is 1. The SMILES string of the molecule is BNPOC(=O)C1=C(COc2ccc(C(N)=O)cc2)[C@H](C)C2[C@@H]([C@@H](C)O[Si](CC)(CC)CC)C(=O)N12. The van der Waals surface area contributed by atoms with Crippen molar-refractivity contribution in [3.05, 3.63) is 41.1 Å². The van der Waals surface area contributed by atoms with Gasteiger partial charge < -0.3 is 29.3 Å². The van der Waals surface area contributed by atoms with Gasteiger partial charge in [-0.05, 0) is 49.3 Å². The van der Waals surface area contributed by atoms with Gasteiger partial charge in [0, 0.05) is 17.1 Å². The van der Waals surface area contributed by atoms with Crippen molar-refractivity contribution in [1.82, 2.24) is 9.90 Å². The van der Waals surface area contributed by atoms with E-state index >= 15 is 0 Å². The van der Waals surface area contributed by atoms with Crippen LogP contribution in [-0.4, -0.2) is 57.7 Å². The molecule has 0 spiro atoms. The van der Waals surface area contributed by atoms with Gasteiger partial charge in [0.25, 0.3) is 0 Å². The normalized spacial score (nSPS) is 22.5. The maximum atomic E-state index is 13.4. The van der Waals surface area contributed by atoms with Crippen molar-refractivity contribution in [2.45, 2.75) is 64.9 Å². The topological polar surface area (TPSA) is 120 Å². The van der Waals surface area contributed by atoms with Gasteiger partial charge in [0.15, 0.2) is 16.3 Å². The van der Waals surface area contributed by atoms with Crippen LogP contribution in [0.4, 0.5) is 0 Å². The van der Waals surface area contributed by atoms with Crippen LogP contribution in [0.2, 0.25) is 18.1 Å². The molecule has 196 valence electrons. The van der Waals surface area contributed by atoms with E-state index in [-0.39, 0.29) is 51.2 Å². The molecule has 2 amide bonds. The molecule has 3 rings (SSSR count). The summed E-state index contributed by atoms with van der Waals surface area (Å²) in [6, 6.07) is 9.32. The zero-order valence-corrected chi connectivity index (χ0v) is 23.9. The molecule has 9 nitrogen and oxygen atoms in total. The number of hydrogen-bond donors (Lipinski definition) is 2. The third-order valence-corrected chi connectivity index (χ3v) is 12.9. The molecule has 1 aromatic rings. The largest absolute Gasteiger partial charge is 0.489 e. The Kier molecular flexibility index (Phi) is 9.38. The number of hydrogen-bond acceptors (Lipinski definition) is 7. The molecule has 36 heavy (non-hydrogen) atoms. The highest BCUT2D eigenvalue weighted by Gasteiger charge is 2.61. The van der Waals surface area contributed by atoms with Gasteiger partial charge in [0.1, 0.15) is 27.0 Å². The van der Waals surface area contributed by atoms with E-state index in [2.05, 4.69) is 25.8 Å². The van der Waals surface area contributed by atoms with Gasteiger partial charge in [-0.2, -0.15) is 0 Å². The Labute approximate surface area is 217 Å². The van der Waals surface area contributed by atoms with E-state index in [1.54, 1.807) is 37.1 Å². The minimum Gasteiger partial charge on any atom is -0.489 e. The average Bonchev–Trinajstić information content (AvgIpc) is 3.12. The predicted octanol–water partition coefficient (Wildman–Crippen LogP) is 2.49. The lowest BCUT2D eigenvalue weighted by atomic mass is 9.78. The summed E-state index contributed by atoms with van der Waals surface area (Å²) < 4.78 is 18.0. The summed E-state index contributed by atoms with van der Waals surface area (Å²) in [5, 5.41) is 0. The number of carbonyl (C=O) groups is 3. The highest BCUT2D eigenvalue weighted by molar-refractivity contribution is 7.32. The van der Waals surface area contributed by atoms with Crippen LogP contribution in [0, 0.1) is 11.8 Å². The molecule has 2 heterocycles. The van der Waals surface area contributed by atoms with Crippen LogP contribution in [-0.2, 0) is 18.5 Å². The fourth-order valence-corrected chi connectivity index (χ4v) is 8.53. The second-order valence-electron chi connectivity index (χ2n) is 9.37. The third-order valence-electron chi connectivity index (χ3n) is 7.64. The van der Waals surface area contributed by atoms with E-state index in [0.717, 1.165) is 23.7 Å². The lowest BCUT2D eigenvalue weighted by Crippen LogP contribution is -2.65. The molecule has 0 aromatic heterocycles. The number of amides is 2. The fourth-order valence-electron chi connectivity index (χ4n) is 5.30. The third kappa shape index (κ3) is 5.39. The first-order valence-corrected chi connectivity index (χ1v) is 16.0. The van der Waals surface area contributed by atoms with Crippen molar-refractivity contribution >= 4 is 43.0 Å². The van der Waals surface area contributed by atoms with Crippen LogP contribution in [0.3, 0.4) is 0 Å². The summed E-state index contributed by atoms with van der Waals surface area (Å²) in [7, 11) is -0.439. The second-order valence-corrected chi connectivity index (χ2v) is 15.0. The van der Waals surface area contributed by atoms with Gasteiger partial charge in [-0.3, -0.25) is 9.59 Å². The zero-order valence-electron chi connectivity index (χ0n) is 21.9. The van der Waals surface area contributed by atoms with Crippen molar-refractivity contribution in [2.24, 2.45) is 17.6 Å². The van der Waals surface area contributed by atoms with Crippen LogP contribution < -0.4 is 15.5 Å². The van der Waals surface area contributed by atoms with E-state index in [9.17, 15) is 14.4 Å². The first kappa shape index (κ1) is 28.4. The van der Waals surface area contributed by atoms with Crippen molar-refractivity contribution < 1.29 is 28.1 Å². The number of ether oxygens (including phenoxy) is 1. The highest BCUT2D eigenvalue weighted by atomic mass is 31.1. The van der Waals surface area contributed by atoms with Gasteiger partial charge >= 0.3 is 5.97 Å². The number of rotatable bonds is 13. The number of fused-ring (bicyclic) bond motifs is 1. The molecule has 1 saturated heterocycles. The molecule has 0 saturated carbocycles. The molecular weight excluding hydrogens is 496 g/mol. The lowest BCUT2D eigenvalue weighted by Gasteiger charge is -2.49. The molecule has 5 atom stereocenters. The van der Waals surface area contributed by atoms with Crippen molar-refractivity contribution in [3.63, 3.8) is 0 Å². The van der Waals surface area contributed by atoms with Crippen LogP contribution in [0.1, 0.15) is 45.0 Å². The molecule has 1 fully saturated rings. The summed E-state index contributed by atoms with van der Waals surface area (Å²) in [5.41, 5.74) is 6.68. The molecular formula is C24H37BN3O6PSi. The Bertz CT molecular complexity index is 1010. The summed E-state index contributed by atoms with van der Waals surface area (Å²) >= 11 is 0. The Morgan fingerprint density at radius 3 is 2.33 bits per heavy atom. The molecule has 1 aromatic carbocycles. The van der Waals surface area contributed by atoms with E-state index in [4.69, 9.17) is 19.4 Å². The fraction of sp³-hybridized carbons (Fsp3) is 0.542. The molecule has 2 aliphatic rings. The lowest BCUT2D eigenvalue weighted by molar-refractivity contribution is -0.161. The first-order chi connectivity index (χ1) is 17.1. The zero-order chi connectivity index (χ0) is 26.6. The number of nitrogens with zero attached hydrogens (tertiary/aromatic N) is 1. The monoisotopic (exact) mass is 533 g/mol. The van der Waals surface area contributed by atoms with E-state index in [1.165, 1.54) is 0 Å². The minimum absolute atomic E-state index is 0.105. The summed E-state index contributed by atoms with van der Waals surface area (Å²) in [5.74, 6) is -1.06. The van der Waals surface area contributed by atoms with Gasteiger partial charge in [-0.1, -0.05) is 27.7 Å². The molecule has 12 heteroatoms. The Balaban J connectivity index is 1.84. The van der Waals surface area contributed by atoms with Crippen molar-refractivity contribution in [3.8, 4) is 5.75 Å². The Morgan fingerprint density at radius 2 is 1.81 bits per heavy atom. The Hall–Kier alpha value is -2.20. The van der Waals surface area contributed by atoms with Gasteiger partial charge in [-0.25, -0.2) is 4.79 Å². The smallest absolute Gasteiger partial charge is 0.358 e. The minimum atomic E-state index is -1.91. The second kappa shape index (κ2) is 11.9. The molecule has 0 bridgehead atoms. The number of benzene rings is 1. The maximum Gasteiger partial charge on any atom is 0.358 e. The van der Waals surface area contributed by atoms with Crippen LogP contribution in [0.15, 0.2) is 35.5 Å². The Morgan fingerprint density at radius 1 is 1.19 bits per heavy atom. The number of nitrogens with two attached hydrogens (primary N) is 1. The maximum absolute atomic E-state index is 13.4. The average molecular weight is 533 g/mol. The van der Waals surface area contributed by atoms with E-state index in [1.807, 2.05) is 13.8 Å². The highest BCUT2D eigenvalue weighted by Crippen LogP contribution is 2.49.